The Morgan fingerprint density at radius 3 is 1.63 bits per heavy atom. The Bertz CT molecular complexity index is 1030. The van der Waals surface area contributed by atoms with E-state index in [4.69, 9.17) is 29.8 Å². The van der Waals surface area contributed by atoms with Crippen LogP contribution in [-0.4, -0.2) is 118 Å². The molecule has 0 aromatic carbocycles. The smallest absolute Gasteiger partial charge is 0.306 e. The molecule has 0 radical (unpaired) electrons. The van der Waals surface area contributed by atoms with E-state index in [2.05, 4.69) is 0 Å². The van der Waals surface area contributed by atoms with E-state index < -0.39 is 98.8 Å². The summed E-state index contributed by atoms with van der Waals surface area (Å²) in [5, 5.41) is 50.7. The Hall–Kier alpha value is -2.40. The number of aliphatic hydroxyl groups is 5. The van der Waals surface area contributed by atoms with E-state index in [1.165, 1.54) is 0 Å². The van der Waals surface area contributed by atoms with Gasteiger partial charge in [-0.15, -0.1) is 0 Å². The number of carbonyl (C=O) groups excluding carboxylic acids is 4. The van der Waals surface area contributed by atoms with E-state index in [9.17, 15) is 44.7 Å². The highest BCUT2D eigenvalue weighted by molar-refractivity contribution is 5.72. The molecule has 1 aliphatic rings. The highest BCUT2D eigenvalue weighted by Gasteiger charge is 2.54. The molecule has 0 spiro atoms. The van der Waals surface area contributed by atoms with Crippen LogP contribution in [0.4, 0.5) is 0 Å². The van der Waals surface area contributed by atoms with Crippen molar-refractivity contribution in [1.29, 1.82) is 0 Å². The summed E-state index contributed by atoms with van der Waals surface area (Å²) in [5.41, 5.74) is 0. The van der Waals surface area contributed by atoms with Crippen molar-refractivity contribution in [3.8, 4) is 0 Å². The van der Waals surface area contributed by atoms with Gasteiger partial charge in [-0.1, -0.05) is 91.9 Å². The lowest BCUT2D eigenvalue weighted by atomic mass is 9.97. The van der Waals surface area contributed by atoms with Crippen LogP contribution in [0.3, 0.4) is 0 Å². The average molecular weight is 752 g/mol. The zero-order chi connectivity index (χ0) is 39.8. The maximum Gasteiger partial charge on any atom is 0.306 e. The fourth-order valence-corrected chi connectivity index (χ4v) is 5.45. The molecule has 304 valence electrons. The molecular formula is C37H66O15. The number of hydrogen-bond acceptors (Lipinski definition) is 15. The van der Waals surface area contributed by atoms with Gasteiger partial charge < -0.3 is 54.0 Å². The van der Waals surface area contributed by atoms with Gasteiger partial charge in [-0.25, -0.2) is 0 Å². The highest BCUT2D eigenvalue weighted by atomic mass is 16.8. The van der Waals surface area contributed by atoms with Crippen LogP contribution in [-0.2, 0) is 47.6 Å². The number of hydrogen-bond donors (Lipinski definition) is 5. The van der Waals surface area contributed by atoms with E-state index in [1.807, 2.05) is 27.7 Å². The van der Waals surface area contributed by atoms with Crippen LogP contribution in [0.2, 0.25) is 0 Å². The number of rotatable bonds is 29. The van der Waals surface area contributed by atoms with Crippen LogP contribution in [0.25, 0.3) is 0 Å². The summed E-state index contributed by atoms with van der Waals surface area (Å²) in [6.45, 7) is 6.36. The second-order valence-electron chi connectivity index (χ2n) is 13.2. The molecular weight excluding hydrogens is 684 g/mol. The minimum Gasteiger partial charge on any atom is -0.463 e. The molecule has 5 N–H and O–H groups in total. The molecule has 0 bridgehead atoms. The maximum absolute atomic E-state index is 13.4. The van der Waals surface area contributed by atoms with Crippen LogP contribution in [0.1, 0.15) is 145 Å². The summed E-state index contributed by atoms with van der Waals surface area (Å²) in [7, 11) is 0. The van der Waals surface area contributed by atoms with Gasteiger partial charge in [0.1, 0.15) is 31.0 Å². The number of carbonyl (C=O) groups is 4. The molecule has 15 nitrogen and oxygen atoms in total. The molecule has 0 aromatic rings. The van der Waals surface area contributed by atoms with Gasteiger partial charge in [0.15, 0.2) is 24.6 Å². The van der Waals surface area contributed by atoms with Gasteiger partial charge in [0.2, 0.25) is 6.29 Å². The van der Waals surface area contributed by atoms with Gasteiger partial charge in [-0.2, -0.15) is 0 Å². The van der Waals surface area contributed by atoms with Crippen molar-refractivity contribution in [3.63, 3.8) is 0 Å². The molecule has 1 heterocycles. The quantitative estimate of drug-likeness (QED) is 0.0319. The lowest BCUT2D eigenvalue weighted by Crippen LogP contribution is -2.64. The van der Waals surface area contributed by atoms with Gasteiger partial charge in [-0.3, -0.25) is 19.2 Å². The molecule has 0 amide bonds. The SMILES string of the molecule is [2H]C(CCCCCC)C(=O)O[C@@H]1C(OC(O)[C@@H](O)[C@@H](O)[C@H](O)CO)O[C@H](COC(=O)CCCCC)[C@@H](OC(=O)CCCCC)[C@@H]1OC(=O)CCCCC. The van der Waals surface area contributed by atoms with Gasteiger partial charge >= 0.3 is 23.9 Å². The summed E-state index contributed by atoms with van der Waals surface area (Å²) in [5.74, 6) is -3.11. The molecule has 1 saturated heterocycles. The first-order valence-electron chi connectivity index (χ1n) is 19.7. The van der Waals surface area contributed by atoms with Crippen molar-refractivity contribution in [2.45, 2.75) is 199 Å². The average Bonchev–Trinajstić information content (AvgIpc) is 3.13. The fraction of sp³-hybridized carbons (Fsp3) is 0.892. The predicted molar refractivity (Wildman–Crippen MR) is 187 cm³/mol. The van der Waals surface area contributed by atoms with Crippen LogP contribution in [0.5, 0.6) is 0 Å². The van der Waals surface area contributed by atoms with Gasteiger partial charge in [0.05, 0.1) is 6.61 Å². The van der Waals surface area contributed by atoms with E-state index in [0.717, 1.165) is 51.4 Å². The largest absolute Gasteiger partial charge is 0.463 e. The van der Waals surface area contributed by atoms with Crippen molar-refractivity contribution in [2.24, 2.45) is 0 Å². The number of esters is 4. The van der Waals surface area contributed by atoms with Gasteiger partial charge in [-0.05, 0) is 25.7 Å². The Labute approximate surface area is 310 Å². The molecule has 52 heavy (non-hydrogen) atoms. The molecule has 15 heteroatoms. The van der Waals surface area contributed by atoms with E-state index >= 15 is 0 Å². The first-order valence-corrected chi connectivity index (χ1v) is 19.2. The molecule has 10 atom stereocenters. The lowest BCUT2D eigenvalue weighted by molar-refractivity contribution is -0.349. The zero-order valence-corrected chi connectivity index (χ0v) is 31.5. The van der Waals surface area contributed by atoms with Crippen LogP contribution in [0.15, 0.2) is 0 Å². The first-order chi connectivity index (χ1) is 25.3. The summed E-state index contributed by atoms with van der Waals surface area (Å²) in [6, 6.07) is 0. The van der Waals surface area contributed by atoms with Crippen molar-refractivity contribution in [2.75, 3.05) is 13.2 Å². The van der Waals surface area contributed by atoms with Crippen molar-refractivity contribution >= 4 is 23.9 Å². The third-order valence-corrected chi connectivity index (χ3v) is 8.61. The monoisotopic (exact) mass is 751 g/mol. The van der Waals surface area contributed by atoms with Crippen molar-refractivity contribution in [3.05, 3.63) is 0 Å². The summed E-state index contributed by atoms with van der Waals surface area (Å²) in [4.78, 5) is 52.5. The van der Waals surface area contributed by atoms with Gasteiger partial charge in [0, 0.05) is 27.0 Å². The highest BCUT2D eigenvalue weighted by Crippen LogP contribution is 2.32. The Morgan fingerprint density at radius 2 is 1.10 bits per heavy atom. The fourth-order valence-electron chi connectivity index (χ4n) is 5.45. The molecule has 0 aromatic heterocycles. The Kier molecular flexibility index (Phi) is 24.7. The van der Waals surface area contributed by atoms with Crippen LogP contribution < -0.4 is 0 Å². The molecule has 1 rings (SSSR count). The van der Waals surface area contributed by atoms with E-state index in [1.54, 1.807) is 0 Å². The standard InChI is InChI=1S/C37H66O15/c1-5-9-13-14-18-22-30(43)51-35-34(50-29(42)21-17-12-8-4)33(49-28(41)20-16-11-7-3)26(24-47-27(40)19-15-10-6-2)48-37(35)52-36(46)32(45)31(44)25(39)23-38/h25-26,31-39,44-46H,5-24H2,1-4H3/t25-,26-,31+,32+,33-,34+,35+,36?,37?/m1/s1/i22D/t22?,25-,26-,31+,32+,33-,34+,35+,36?,37?. The third kappa shape index (κ3) is 18.6. The van der Waals surface area contributed by atoms with Crippen LogP contribution in [0, 0.1) is 0 Å². The molecule has 1 aliphatic heterocycles. The summed E-state index contributed by atoms with van der Waals surface area (Å²) < 4.78 is 42.9. The van der Waals surface area contributed by atoms with E-state index in [0.29, 0.717) is 32.1 Å². The second kappa shape index (κ2) is 28.1. The topological polar surface area (TPSA) is 225 Å². The molecule has 1 fully saturated rings. The minimum absolute atomic E-state index is 0.0159. The number of ether oxygens (including phenoxy) is 6. The molecule has 0 saturated carbocycles. The van der Waals surface area contributed by atoms with E-state index in [-0.39, 0.29) is 25.7 Å². The third-order valence-electron chi connectivity index (χ3n) is 8.61. The lowest BCUT2D eigenvalue weighted by Gasteiger charge is -2.45. The summed E-state index contributed by atoms with van der Waals surface area (Å²) >= 11 is 0. The van der Waals surface area contributed by atoms with Crippen LogP contribution >= 0.6 is 0 Å². The summed E-state index contributed by atoms with van der Waals surface area (Å²) in [6.07, 6.45) is -8.88. The number of unbranched alkanes of at least 4 members (excludes halogenated alkanes) is 9. The molecule has 0 aliphatic carbocycles. The maximum atomic E-state index is 13.4. The van der Waals surface area contributed by atoms with Crippen molar-refractivity contribution < 1.29 is 74.5 Å². The Balaban J connectivity index is 3.67. The van der Waals surface area contributed by atoms with Gasteiger partial charge in [0.25, 0.3) is 0 Å². The predicted octanol–water partition coefficient (Wildman–Crippen LogP) is 3.50. The normalized spacial score (nSPS) is 23.4. The Morgan fingerprint density at radius 1 is 0.615 bits per heavy atom. The first kappa shape index (κ1) is 45.8. The second-order valence-corrected chi connectivity index (χ2v) is 13.2. The number of aliphatic hydroxyl groups excluding tert-OH is 5. The zero-order valence-electron chi connectivity index (χ0n) is 32.5. The molecule has 3 unspecified atom stereocenters. The van der Waals surface area contributed by atoms with Crippen molar-refractivity contribution in [1.82, 2.24) is 0 Å². The minimum atomic E-state index is -2.36.